The highest BCUT2D eigenvalue weighted by atomic mass is 16.8. The molecule has 33 heavy (non-hydrogen) atoms. The number of hydrogen-bond acceptors (Lipinski definition) is 7. The third kappa shape index (κ3) is 5.95. The number of carbonyl (C=O) groups excluding carboxylic acids is 1. The summed E-state index contributed by atoms with van der Waals surface area (Å²) in [4.78, 5) is 23.3. The van der Waals surface area contributed by atoms with E-state index in [1.54, 1.807) is 0 Å². The molecule has 2 aliphatic heterocycles. The average molecular weight is 457 g/mol. The summed E-state index contributed by atoms with van der Waals surface area (Å²) in [6, 6.07) is 18.1. The number of carboxylic acid groups (broad SMARTS) is 1. The lowest BCUT2D eigenvalue weighted by Crippen LogP contribution is -2.67. The quantitative estimate of drug-likeness (QED) is 0.619. The van der Waals surface area contributed by atoms with Crippen LogP contribution in [-0.2, 0) is 39.9 Å². The highest BCUT2D eigenvalue weighted by Crippen LogP contribution is 2.35. The number of amides is 1. The van der Waals surface area contributed by atoms with Crippen LogP contribution >= 0.6 is 0 Å². The standard InChI is InChI=1S/C24H27NO8/c1-15(26)25-20-22(29-14-19(27)28)21-18(13-31-23(33-21)17-10-6-3-7-11-17)32-24(20)30-12-16-8-4-2-5-9-16/h2-11,18,20-24H,12-14H2,1H3,(H,25,26)(H,27,28)/t18?,20-,21-,22-,23?,24+/m1/s1. The molecule has 2 fully saturated rings. The summed E-state index contributed by atoms with van der Waals surface area (Å²) in [6.07, 6.45) is -3.66. The van der Waals surface area contributed by atoms with E-state index in [1.165, 1.54) is 6.92 Å². The first-order valence-electron chi connectivity index (χ1n) is 10.7. The predicted molar refractivity (Wildman–Crippen MR) is 115 cm³/mol. The second-order valence-corrected chi connectivity index (χ2v) is 7.91. The van der Waals surface area contributed by atoms with Crippen LogP contribution in [0, 0.1) is 0 Å². The van der Waals surface area contributed by atoms with Crippen molar-refractivity contribution in [1.82, 2.24) is 5.32 Å². The lowest BCUT2D eigenvalue weighted by atomic mass is 9.95. The van der Waals surface area contributed by atoms with E-state index in [2.05, 4.69) is 5.32 Å². The zero-order valence-electron chi connectivity index (χ0n) is 18.2. The Bertz CT molecular complexity index is 925. The number of rotatable bonds is 8. The van der Waals surface area contributed by atoms with Gasteiger partial charge in [-0.05, 0) is 5.56 Å². The lowest BCUT2D eigenvalue weighted by Gasteiger charge is -2.49. The number of aliphatic carboxylic acids is 1. The molecule has 4 rings (SSSR count). The maximum atomic E-state index is 12.0. The number of hydrogen-bond donors (Lipinski definition) is 2. The number of ether oxygens (including phenoxy) is 5. The average Bonchev–Trinajstić information content (AvgIpc) is 2.82. The minimum Gasteiger partial charge on any atom is -0.480 e. The Morgan fingerprint density at radius 1 is 1.03 bits per heavy atom. The summed E-state index contributed by atoms with van der Waals surface area (Å²) < 4.78 is 29.9. The largest absolute Gasteiger partial charge is 0.480 e. The fourth-order valence-electron chi connectivity index (χ4n) is 4.00. The Hall–Kier alpha value is -2.82. The van der Waals surface area contributed by atoms with Crippen molar-refractivity contribution in [3.8, 4) is 0 Å². The maximum Gasteiger partial charge on any atom is 0.329 e. The molecule has 9 heteroatoms. The van der Waals surface area contributed by atoms with Gasteiger partial charge in [-0.25, -0.2) is 4.79 Å². The van der Waals surface area contributed by atoms with Gasteiger partial charge in [-0.3, -0.25) is 4.79 Å². The Morgan fingerprint density at radius 3 is 2.39 bits per heavy atom. The van der Waals surface area contributed by atoms with Crippen molar-refractivity contribution in [2.75, 3.05) is 13.2 Å². The third-order valence-corrected chi connectivity index (χ3v) is 5.44. The molecule has 2 aliphatic rings. The zero-order chi connectivity index (χ0) is 23.2. The molecule has 2 aromatic carbocycles. The summed E-state index contributed by atoms with van der Waals surface area (Å²) in [6.45, 7) is 1.23. The van der Waals surface area contributed by atoms with Crippen LogP contribution in [0.1, 0.15) is 24.3 Å². The van der Waals surface area contributed by atoms with Crippen molar-refractivity contribution in [2.45, 2.75) is 50.5 Å². The van der Waals surface area contributed by atoms with E-state index in [0.29, 0.717) is 0 Å². The van der Waals surface area contributed by atoms with Gasteiger partial charge in [-0.2, -0.15) is 0 Å². The molecule has 6 atom stereocenters. The highest BCUT2D eigenvalue weighted by molar-refractivity contribution is 5.73. The van der Waals surface area contributed by atoms with Crippen LogP contribution in [0.4, 0.5) is 0 Å². The minimum absolute atomic E-state index is 0.190. The van der Waals surface area contributed by atoms with E-state index < -0.39 is 49.5 Å². The van der Waals surface area contributed by atoms with Gasteiger partial charge in [0.2, 0.25) is 5.91 Å². The van der Waals surface area contributed by atoms with Crippen LogP contribution in [-0.4, -0.2) is 60.8 Å². The molecule has 2 saturated heterocycles. The monoisotopic (exact) mass is 457 g/mol. The first-order valence-corrected chi connectivity index (χ1v) is 10.7. The molecule has 2 heterocycles. The van der Waals surface area contributed by atoms with Gasteiger partial charge in [-0.15, -0.1) is 0 Å². The Morgan fingerprint density at radius 2 is 1.73 bits per heavy atom. The number of benzene rings is 2. The van der Waals surface area contributed by atoms with Gasteiger partial charge >= 0.3 is 5.97 Å². The Kier molecular flexibility index (Phi) is 7.69. The number of nitrogens with one attached hydrogen (secondary N) is 1. The maximum absolute atomic E-state index is 12.0. The molecule has 2 N–H and O–H groups in total. The van der Waals surface area contributed by atoms with Crippen LogP contribution in [0.15, 0.2) is 60.7 Å². The molecule has 2 unspecified atom stereocenters. The van der Waals surface area contributed by atoms with E-state index in [0.717, 1.165) is 11.1 Å². The van der Waals surface area contributed by atoms with Crippen LogP contribution < -0.4 is 5.32 Å². The molecule has 2 aromatic rings. The molecular formula is C24H27NO8. The second kappa shape index (κ2) is 10.9. The Labute approximate surface area is 191 Å². The smallest absolute Gasteiger partial charge is 0.329 e. The fraction of sp³-hybridized carbons (Fsp3) is 0.417. The highest BCUT2D eigenvalue weighted by Gasteiger charge is 2.51. The van der Waals surface area contributed by atoms with Crippen molar-refractivity contribution in [3.63, 3.8) is 0 Å². The summed E-state index contributed by atoms with van der Waals surface area (Å²) >= 11 is 0. The zero-order valence-corrected chi connectivity index (χ0v) is 18.2. The van der Waals surface area contributed by atoms with Crippen LogP contribution in [0.25, 0.3) is 0 Å². The van der Waals surface area contributed by atoms with Gasteiger partial charge in [-0.1, -0.05) is 60.7 Å². The molecule has 0 saturated carbocycles. The van der Waals surface area contributed by atoms with Crippen LogP contribution in [0.2, 0.25) is 0 Å². The van der Waals surface area contributed by atoms with Gasteiger partial charge in [0, 0.05) is 12.5 Å². The minimum atomic E-state index is -1.13. The molecule has 176 valence electrons. The van der Waals surface area contributed by atoms with Gasteiger partial charge < -0.3 is 34.1 Å². The predicted octanol–water partition coefficient (Wildman–Crippen LogP) is 2.02. The second-order valence-electron chi connectivity index (χ2n) is 7.91. The molecule has 0 bridgehead atoms. The van der Waals surface area contributed by atoms with E-state index in [-0.39, 0.29) is 19.1 Å². The van der Waals surface area contributed by atoms with Crippen molar-refractivity contribution in [1.29, 1.82) is 0 Å². The normalized spacial score (nSPS) is 29.1. The summed E-state index contributed by atoms with van der Waals surface area (Å²) in [5, 5.41) is 12.0. The number of fused-ring (bicyclic) bond motifs is 1. The molecule has 0 aromatic heterocycles. The van der Waals surface area contributed by atoms with E-state index in [4.69, 9.17) is 23.7 Å². The summed E-state index contributed by atoms with van der Waals surface area (Å²) in [7, 11) is 0. The van der Waals surface area contributed by atoms with E-state index in [1.807, 2.05) is 60.7 Å². The van der Waals surface area contributed by atoms with Crippen molar-refractivity contribution in [3.05, 3.63) is 71.8 Å². The number of carbonyl (C=O) groups is 2. The lowest BCUT2D eigenvalue weighted by molar-refractivity contribution is -0.349. The first-order chi connectivity index (χ1) is 16.0. The SMILES string of the molecule is CC(=O)N[C@H]1[C@@H](OCc2ccccc2)OC2COC(c3ccccc3)O[C@H]2[C@@H]1OCC(=O)O. The Balaban J connectivity index is 1.56. The van der Waals surface area contributed by atoms with E-state index in [9.17, 15) is 14.7 Å². The van der Waals surface area contributed by atoms with Crippen molar-refractivity contribution in [2.24, 2.45) is 0 Å². The van der Waals surface area contributed by atoms with Crippen molar-refractivity contribution < 1.29 is 38.4 Å². The summed E-state index contributed by atoms with van der Waals surface area (Å²) in [5.74, 6) is -1.46. The summed E-state index contributed by atoms with van der Waals surface area (Å²) in [5.41, 5.74) is 1.74. The van der Waals surface area contributed by atoms with Gasteiger partial charge in [0.15, 0.2) is 12.6 Å². The molecule has 9 nitrogen and oxygen atoms in total. The molecule has 0 radical (unpaired) electrons. The number of carboxylic acids is 1. The molecule has 0 aliphatic carbocycles. The van der Waals surface area contributed by atoms with Gasteiger partial charge in [0.05, 0.1) is 13.2 Å². The van der Waals surface area contributed by atoms with Gasteiger partial charge in [0.25, 0.3) is 0 Å². The third-order valence-electron chi connectivity index (χ3n) is 5.44. The van der Waals surface area contributed by atoms with Crippen molar-refractivity contribution >= 4 is 11.9 Å². The van der Waals surface area contributed by atoms with Crippen LogP contribution in [0.5, 0.6) is 0 Å². The topological polar surface area (TPSA) is 113 Å². The molecule has 1 amide bonds. The van der Waals surface area contributed by atoms with E-state index >= 15 is 0 Å². The first kappa shape index (κ1) is 23.3. The fourth-order valence-corrected chi connectivity index (χ4v) is 4.00. The molecule has 0 spiro atoms. The molecular weight excluding hydrogens is 430 g/mol. The van der Waals surface area contributed by atoms with Gasteiger partial charge in [0.1, 0.15) is 31.0 Å². The van der Waals surface area contributed by atoms with Crippen LogP contribution in [0.3, 0.4) is 0 Å².